The molecule has 0 bridgehead atoms. The molecule has 2 aliphatic rings. The second-order valence-corrected chi connectivity index (χ2v) is 11.8. The van der Waals surface area contributed by atoms with Crippen LogP contribution in [0.2, 0.25) is 0 Å². The molecule has 0 N–H and O–H groups in total. The third-order valence-corrected chi connectivity index (χ3v) is 8.07. The summed E-state index contributed by atoms with van der Waals surface area (Å²) in [5.41, 5.74) is 6.51. The van der Waals surface area contributed by atoms with Crippen molar-refractivity contribution in [2.75, 3.05) is 25.1 Å². The highest BCUT2D eigenvalue weighted by Crippen LogP contribution is 2.47. The molecule has 6 nitrogen and oxygen atoms in total. The van der Waals surface area contributed by atoms with Crippen LogP contribution in [0.15, 0.2) is 76.9 Å². The Kier molecular flexibility index (Phi) is 6.66. The van der Waals surface area contributed by atoms with Crippen LogP contribution in [0.1, 0.15) is 56.4 Å². The normalized spacial score (nSPS) is 21.9. The van der Waals surface area contributed by atoms with E-state index in [0.717, 1.165) is 46.7 Å². The smallest absolute Gasteiger partial charge is 0.105 e. The zero-order valence-corrected chi connectivity index (χ0v) is 22.7. The van der Waals surface area contributed by atoms with Gasteiger partial charge in [-0.15, -0.1) is 0 Å². The number of nitriles is 1. The highest BCUT2D eigenvalue weighted by Gasteiger charge is 2.48. The van der Waals surface area contributed by atoms with Crippen LogP contribution < -0.4 is 4.90 Å². The summed E-state index contributed by atoms with van der Waals surface area (Å²) in [6.07, 6.45) is 1.82. The Balaban J connectivity index is 1.42. The molecule has 0 spiro atoms. The third-order valence-electron chi connectivity index (χ3n) is 8.07. The molecule has 38 heavy (non-hydrogen) atoms. The highest BCUT2D eigenvalue weighted by molar-refractivity contribution is 5.86. The summed E-state index contributed by atoms with van der Waals surface area (Å²) in [5, 5.41) is 12.7. The lowest BCUT2D eigenvalue weighted by atomic mass is 9.66. The number of nitroso groups, excluding NO2 is 1. The molecule has 6 heteroatoms. The molecule has 2 heterocycles. The molecule has 2 unspecified atom stereocenters. The molecular formula is C32H34N4O2. The monoisotopic (exact) mass is 506 g/mol. The Morgan fingerprint density at radius 3 is 2.21 bits per heavy atom. The predicted molar refractivity (Wildman–Crippen MR) is 153 cm³/mol. The minimum Gasteiger partial charge on any atom is -0.376 e. The van der Waals surface area contributed by atoms with Crippen LogP contribution in [0.4, 0.5) is 11.4 Å². The maximum atomic E-state index is 11.6. The standard InChI is InChI=1S/C32H34N4O2/c1-31(2)19-36(20-32(3,4)30(31)35-37)24-15-13-23(14-16-24)27-18-34-28-25(7-6-8-26(28)29(27)38-5)22-11-9-21(17-33)10-12-22/h6-16,18,27,29-30H,19-20H2,1-5H3. The predicted octanol–water partition coefficient (Wildman–Crippen LogP) is 7.42. The van der Waals surface area contributed by atoms with Gasteiger partial charge >= 0.3 is 0 Å². The highest BCUT2D eigenvalue weighted by atomic mass is 16.5. The third kappa shape index (κ3) is 4.52. The Labute approximate surface area is 224 Å². The van der Waals surface area contributed by atoms with Gasteiger partial charge in [0.05, 0.1) is 23.4 Å². The summed E-state index contributed by atoms with van der Waals surface area (Å²) in [6, 6.07) is 24.4. The van der Waals surface area contributed by atoms with Gasteiger partial charge in [0.1, 0.15) is 6.04 Å². The molecule has 0 radical (unpaired) electrons. The van der Waals surface area contributed by atoms with E-state index in [9.17, 15) is 4.91 Å². The van der Waals surface area contributed by atoms with Gasteiger partial charge in [-0.25, -0.2) is 0 Å². The van der Waals surface area contributed by atoms with Crippen LogP contribution in [-0.4, -0.2) is 32.5 Å². The van der Waals surface area contributed by atoms with Crippen molar-refractivity contribution in [1.29, 1.82) is 5.26 Å². The fraction of sp³-hybridized carbons (Fsp3) is 0.375. The van der Waals surface area contributed by atoms with Gasteiger partial charge in [-0.05, 0) is 35.4 Å². The molecule has 194 valence electrons. The molecule has 3 aromatic rings. The van der Waals surface area contributed by atoms with Crippen molar-refractivity contribution in [2.45, 2.75) is 45.8 Å². The Hall–Kier alpha value is -3.82. The molecule has 0 saturated carbocycles. The molecule has 2 atom stereocenters. The summed E-state index contributed by atoms with van der Waals surface area (Å²) in [4.78, 5) is 18.9. The first-order valence-electron chi connectivity index (χ1n) is 13.1. The number of anilines is 1. The second kappa shape index (κ2) is 9.81. The molecule has 0 aliphatic carbocycles. The maximum Gasteiger partial charge on any atom is 0.105 e. The number of aliphatic imine (C=N–C) groups is 1. The van der Waals surface area contributed by atoms with Crippen molar-refractivity contribution in [1.82, 2.24) is 0 Å². The first-order chi connectivity index (χ1) is 18.2. The van der Waals surface area contributed by atoms with Crippen molar-refractivity contribution in [2.24, 2.45) is 21.0 Å². The van der Waals surface area contributed by atoms with Crippen LogP contribution in [0.5, 0.6) is 0 Å². The van der Waals surface area contributed by atoms with Crippen LogP contribution in [0.3, 0.4) is 0 Å². The van der Waals surface area contributed by atoms with Crippen molar-refractivity contribution in [3.63, 3.8) is 0 Å². The lowest BCUT2D eigenvalue weighted by Gasteiger charge is -2.51. The zero-order valence-electron chi connectivity index (χ0n) is 22.7. The number of hydrogen-bond donors (Lipinski definition) is 0. The fourth-order valence-corrected chi connectivity index (χ4v) is 6.50. The minimum atomic E-state index is -0.222. The quantitative estimate of drug-likeness (QED) is 0.337. The Morgan fingerprint density at radius 2 is 1.63 bits per heavy atom. The van der Waals surface area contributed by atoms with E-state index in [0.29, 0.717) is 5.56 Å². The van der Waals surface area contributed by atoms with E-state index in [2.05, 4.69) is 80.2 Å². The van der Waals surface area contributed by atoms with Crippen molar-refractivity contribution in [3.8, 4) is 17.2 Å². The number of para-hydroxylation sites is 1. The summed E-state index contributed by atoms with van der Waals surface area (Å²) in [7, 11) is 1.75. The lowest BCUT2D eigenvalue weighted by Crippen LogP contribution is -2.57. The van der Waals surface area contributed by atoms with E-state index in [1.54, 1.807) is 7.11 Å². The van der Waals surface area contributed by atoms with Crippen LogP contribution >= 0.6 is 0 Å². The number of methoxy groups -OCH3 is 1. The first-order valence-corrected chi connectivity index (χ1v) is 13.1. The van der Waals surface area contributed by atoms with Gasteiger partial charge in [0.2, 0.25) is 0 Å². The van der Waals surface area contributed by atoms with Crippen LogP contribution in [-0.2, 0) is 4.74 Å². The summed E-state index contributed by atoms with van der Waals surface area (Å²) in [6.45, 7) is 10.1. The lowest BCUT2D eigenvalue weighted by molar-refractivity contribution is 0.0961. The molecule has 5 rings (SSSR count). The molecule has 1 fully saturated rings. The van der Waals surface area contributed by atoms with Crippen LogP contribution in [0.25, 0.3) is 11.1 Å². The zero-order chi connectivity index (χ0) is 27.1. The molecule has 3 aromatic carbocycles. The number of hydrogen-bond acceptors (Lipinski definition) is 6. The van der Waals surface area contributed by atoms with Gasteiger partial charge in [-0.2, -0.15) is 10.2 Å². The van der Waals surface area contributed by atoms with Gasteiger partial charge in [0.25, 0.3) is 0 Å². The first kappa shape index (κ1) is 25.8. The molecular weight excluding hydrogens is 472 g/mol. The number of piperidine rings is 1. The van der Waals surface area contributed by atoms with E-state index in [4.69, 9.17) is 15.0 Å². The Morgan fingerprint density at radius 1 is 0.974 bits per heavy atom. The summed E-state index contributed by atoms with van der Waals surface area (Å²) >= 11 is 0. The number of ether oxygens (including phenoxy) is 1. The number of fused-ring (bicyclic) bond motifs is 1. The average Bonchev–Trinajstić information content (AvgIpc) is 2.91. The number of nitrogens with zero attached hydrogens (tertiary/aromatic N) is 4. The summed E-state index contributed by atoms with van der Waals surface area (Å²) in [5.74, 6) is -0.0179. The SMILES string of the molecule is COC1c2cccc(-c3ccc(C#N)cc3)c2N=CC1c1ccc(N2CC(C)(C)C(N=O)C(C)(C)C2)cc1. The van der Waals surface area contributed by atoms with Crippen molar-refractivity contribution < 1.29 is 4.74 Å². The van der Waals surface area contributed by atoms with Crippen molar-refractivity contribution >= 4 is 17.6 Å². The number of benzene rings is 3. The van der Waals surface area contributed by atoms with E-state index >= 15 is 0 Å². The van der Waals surface area contributed by atoms with Gasteiger partial charge in [0.15, 0.2) is 0 Å². The molecule has 1 saturated heterocycles. The fourth-order valence-electron chi connectivity index (χ4n) is 6.50. The van der Waals surface area contributed by atoms with Crippen LogP contribution in [0, 0.1) is 27.1 Å². The maximum absolute atomic E-state index is 11.6. The van der Waals surface area contributed by atoms with Gasteiger partial charge in [0, 0.05) is 60.0 Å². The largest absolute Gasteiger partial charge is 0.376 e. The average molecular weight is 507 g/mol. The van der Waals surface area contributed by atoms with E-state index in [1.807, 2.05) is 36.5 Å². The minimum absolute atomic E-state index is 0.0179. The van der Waals surface area contributed by atoms with Gasteiger partial charge in [-0.3, -0.25) is 4.99 Å². The van der Waals surface area contributed by atoms with E-state index in [1.165, 1.54) is 0 Å². The van der Waals surface area contributed by atoms with Gasteiger partial charge < -0.3 is 9.64 Å². The Bertz CT molecular complexity index is 1380. The van der Waals surface area contributed by atoms with Crippen molar-refractivity contribution in [3.05, 3.63) is 88.3 Å². The van der Waals surface area contributed by atoms with E-state index in [-0.39, 0.29) is 28.9 Å². The number of rotatable bonds is 5. The molecule has 0 aromatic heterocycles. The second-order valence-electron chi connectivity index (χ2n) is 11.8. The topological polar surface area (TPSA) is 78.0 Å². The van der Waals surface area contributed by atoms with Gasteiger partial charge in [-0.1, -0.05) is 75.3 Å². The molecule has 0 amide bonds. The molecule has 2 aliphatic heterocycles. The summed E-state index contributed by atoms with van der Waals surface area (Å²) < 4.78 is 6.05. The van der Waals surface area contributed by atoms with E-state index < -0.39 is 0 Å².